The van der Waals surface area contributed by atoms with Gasteiger partial charge in [0, 0.05) is 34.6 Å². The lowest BCUT2D eigenvalue weighted by Gasteiger charge is -2.22. The highest BCUT2D eigenvalue weighted by molar-refractivity contribution is 14.1. The van der Waals surface area contributed by atoms with E-state index >= 15 is 0 Å². The van der Waals surface area contributed by atoms with Crippen molar-refractivity contribution in [3.05, 3.63) is 63.2 Å². The highest BCUT2D eigenvalue weighted by Crippen LogP contribution is 2.16. The molecule has 0 fully saturated rings. The van der Waals surface area contributed by atoms with E-state index in [2.05, 4.69) is 4.98 Å². The van der Waals surface area contributed by atoms with Crippen LogP contribution in [-0.2, 0) is 16.1 Å². The molecular weight excluding hydrogens is 438 g/mol. The molecule has 25 heavy (non-hydrogen) atoms. The zero-order valence-corrected chi connectivity index (χ0v) is 15.9. The van der Waals surface area contributed by atoms with Gasteiger partial charge in [-0.25, -0.2) is 4.39 Å². The Balaban J connectivity index is 2.18. The third kappa shape index (κ3) is 5.77. The van der Waals surface area contributed by atoms with Crippen LogP contribution in [0.3, 0.4) is 0 Å². The molecule has 0 aliphatic heterocycles. The quantitative estimate of drug-likeness (QED) is 0.474. The molecule has 0 aliphatic carbocycles. The van der Waals surface area contributed by atoms with Gasteiger partial charge in [0.05, 0.1) is 13.0 Å². The number of nitrogens with zero attached hydrogens (tertiary/aromatic N) is 2. The molecule has 2 aromatic rings. The summed E-state index contributed by atoms with van der Waals surface area (Å²) in [4.78, 5) is 29.9. The van der Waals surface area contributed by atoms with Crippen LogP contribution in [-0.4, -0.2) is 34.9 Å². The van der Waals surface area contributed by atoms with E-state index in [0.29, 0.717) is 3.57 Å². The van der Waals surface area contributed by atoms with Crippen molar-refractivity contribution in [3.8, 4) is 0 Å². The maximum Gasteiger partial charge on any atom is 0.307 e. The molecule has 0 saturated carbocycles. The van der Waals surface area contributed by atoms with Crippen molar-refractivity contribution < 1.29 is 18.7 Å². The van der Waals surface area contributed by atoms with Crippen molar-refractivity contribution >= 4 is 34.5 Å². The third-order valence-electron chi connectivity index (χ3n) is 3.44. The maximum absolute atomic E-state index is 13.8. The molecule has 1 heterocycles. The Hall–Kier alpha value is -2.03. The normalized spacial score (nSPS) is 10.4. The lowest BCUT2D eigenvalue weighted by atomic mass is 10.1. The number of esters is 1. The summed E-state index contributed by atoms with van der Waals surface area (Å²) in [5, 5.41) is 0. The number of hydrogen-bond acceptors (Lipinski definition) is 4. The van der Waals surface area contributed by atoms with E-state index in [-0.39, 0.29) is 43.6 Å². The van der Waals surface area contributed by atoms with Crippen molar-refractivity contribution in [3.63, 3.8) is 0 Å². The molecule has 0 atom stereocenters. The number of amides is 1. The summed E-state index contributed by atoms with van der Waals surface area (Å²) in [5.41, 5.74) is 1.07. The van der Waals surface area contributed by atoms with Crippen LogP contribution < -0.4 is 0 Å². The SMILES string of the molecule is CCOC(=O)CCN(Cc1cccnc1)C(=O)c1ccc(I)c(F)c1. The van der Waals surface area contributed by atoms with E-state index in [1.165, 1.54) is 11.0 Å². The molecule has 0 spiro atoms. The first-order valence-electron chi connectivity index (χ1n) is 7.80. The van der Waals surface area contributed by atoms with Gasteiger partial charge < -0.3 is 9.64 Å². The van der Waals surface area contributed by atoms with Gasteiger partial charge in [0.25, 0.3) is 5.91 Å². The van der Waals surface area contributed by atoms with Gasteiger partial charge in [0.15, 0.2) is 0 Å². The Labute approximate surface area is 159 Å². The van der Waals surface area contributed by atoms with E-state index in [1.54, 1.807) is 37.5 Å². The van der Waals surface area contributed by atoms with Crippen LogP contribution in [0.25, 0.3) is 0 Å². The first kappa shape index (κ1) is 19.3. The third-order valence-corrected chi connectivity index (χ3v) is 4.32. The average molecular weight is 456 g/mol. The summed E-state index contributed by atoms with van der Waals surface area (Å²) in [5.74, 6) is -1.16. The molecular formula is C18H18FIN2O3. The fourth-order valence-electron chi connectivity index (χ4n) is 2.24. The minimum absolute atomic E-state index is 0.0761. The van der Waals surface area contributed by atoms with Gasteiger partial charge in [-0.1, -0.05) is 6.07 Å². The number of aromatic nitrogens is 1. The Kier molecular flexibility index (Phi) is 7.30. The monoisotopic (exact) mass is 456 g/mol. The second kappa shape index (κ2) is 9.45. The minimum Gasteiger partial charge on any atom is -0.466 e. The number of carbonyl (C=O) groups is 2. The zero-order valence-electron chi connectivity index (χ0n) is 13.7. The predicted molar refractivity (Wildman–Crippen MR) is 99.3 cm³/mol. The number of ether oxygens (including phenoxy) is 1. The van der Waals surface area contributed by atoms with Crippen molar-refractivity contribution in [2.75, 3.05) is 13.2 Å². The van der Waals surface area contributed by atoms with Gasteiger partial charge >= 0.3 is 5.97 Å². The first-order chi connectivity index (χ1) is 12.0. The number of carbonyl (C=O) groups excluding carboxylic acids is 2. The summed E-state index contributed by atoms with van der Waals surface area (Å²) in [6.07, 6.45) is 3.37. The molecule has 7 heteroatoms. The van der Waals surface area contributed by atoms with Crippen LogP contribution in [0, 0.1) is 9.39 Å². The van der Waals surface area contributed by atoms with Crippen LogP contribution >= 0.6 is 22.6 Å². The number of pyridine rings is 1. The Bertz CT molecular complexity index is 740. The smallest absolute Gasteiger partial charge is 0.307 e. The Morgan fingerprint density at radius 2 is 2.12 bits per heavy atom. The van der Waals surface area contributed by atoms with E-state index in [4.69, 9.17) is 4.74 Å². The van der Waals surface area contributed by atoms with Gasteiger partial charge in [-0.2, -0.15) is 0 Å². The number of halogens is 2. The van der Waals surface area contributed by atoms with Crippen molar-refractivity contribution in [1.29, 1.82) is 0 Å². The van der Waals surface area contributed by atoms with E-state index < -0.39 is 5.82 Å². The highest BCUT2D eigenvalue weighted by atomic mass is 127. The van der Waals surface area contributed by atoms with Gasteiger partial charge in [-0.05, 0) is 59.3 Å². The van der Waals surface area contributed by atoms with Crippen molar-refractivity contribution in [2.45, 2.75) is 19.9 Å². The molecule has 0 radical (unpaired) electrons. The summed E-state index contributed by atoms with van der Waals surface area (Å²) >= 11 is 1.87. The standard InChI is InChI=1S/C18H18FIN2O3/c1-2-25-17(23)7-9-22(12-13-4-3-8-21-11-13)18(24)14-5-6-16(20)15(19)10-14/h3-6,8,10-11H,2,7,9,12H2,1H3. The summed E-state index contributed by atoms with van der Waals surface area (Å²) < 4.78 is 19.1. The lowest BCUT2D eigenvalue weighted by molar-refractivity contribution is -0.143. The van der Waals surface area contributed by atoms with E-state index in [0.717, 1.165) is 5.56 Å². The lowest BCUT2D eigenvalue weighted by Crippen LogP contribution is -2.33. The number of hydrogen-bond donors (Lipinski definition) is 0. The molecule has 2 rings (SSSR count). The largest absolute Gasteiger partial charge is 0.466 e. The molecule has 0 saturated heterocycles. The summed E-state index contributed by atoms with van der Waals surface area (Å²) in [7, 11) is 0. The maximum atomic E-state index is 13.8. The fourth-order valence-corrected chi connectivity index (χ4v) is 2.57. The van der Waals surface area contributed by atoms with Crippen molar-refractivity contribution in [1.82, 2.24) is 9.88 Å². The van der Waals surface area contributed by atoms with Crippen LogP contribution in [0.1, 0.15) is 29.3 Å². The van der Waals surface area contributed by atoms with E-state index in [9.17, 15) is 14.0 Å². The predicted octanol–water partition coefficient (Wildman–Crippen LogP) is 3.42. The molecule has 0 bridgehead atoms. The Morgan fingerprint density at radius 1 is 1.32 bits per heavy atom. The van der Waals surface area contributed by atoms with Crippen LogP contribution in [0.4, 0.5) is 4.39 Å². The van der Waals surface area contributed by atoms with Gasteiger partial charge in [-0.3, -0.25) is 14.6 Å². The Morgan fingerprint density at radius 3 is 2.76 bits per heavy atom. The van der Waals surface area contributed by atoms with Crippen LogP contribution in [0.15, 0.2) is 42.7 Å². The molecule has 132 valence electrons. The molecule has 1 aromatic carbocycles. The number of benzene rings is 1. The summed E-state index contributed by atoms with van der Waals surface area (Å²) in [6, 6.07) is 7.95. The van der Waals surface area contributed by atoms with Crippen LogP contribution in [0.2, 0.25) is 0 Å². The molecule has 1 aromatic heterocycles. The molecule has 5 nitrogen and oxygen atoms in total. The topological polar surface area (TPSA) is 59.5 Å². The van der Waals surface area contributed by atoms with Gasteiger partial charge in [-0.15, -0.1) is 0 Å². The minimum atomic E-state index is -0.446. The number of rotatable bonds is 7. The second-order valence-corrected chi connectivity index (χ2v) is 6.43. The molecule has 0 N–H and O–H groups in total. The molecule has 0 unspecified atom stereocenters. The highest BCUT2D eigenvalue weighted by Gasteiger charge is 2.19. The van der Waals surface area contributed by atoms with Gasteiger partial charge in [0.2, 0.25) is 0 Å². The fraction of sp³-hybridized carbons (Fsp3) is 0.278. The summed E-state index contributed by atoms with van der Waals surface area (Å²) in [6.45, 7) is 2.47. The van der Waals surface area contributed by atoms with E-state index in [1.807, 2.05) is 28.7 Å². The molecule has 1 amide bonds. The zero-order chi connectivity index (χ0) is 18.2. The molecule has 0 aliphatic rings. The second-order valence-electron chi connectivity index (χ2n) is 5.27. The van der Waals surface area contributed by atoms with Gasteiger partial charge in [0.1, 0.15) is 5.82 Å². The van der Waals surface area contributed by atoms with Crippen molar-refractivity contribution in [2.24, 2.45) is 0 Å². The average Bonchev–Trinajstić information content (AvgIpc) is 2.61. The first-order valence-corrected chi connectivity index (χ1v) is 8.88. The van der Waals surface area contributed by atoms with Crippen LogP contribution in [0.5, 0.6) is 0 Å².